The molecule has 0 aliphatic carbocycles. The van der Waals surface area contributed by atoms with Crippen molar-refractivity contribution in [3.05, 3.63) is 29.3 Å². The number of anilines is 1. The third kappa shape index (κ3) is 4.64. The summed E-state index contributed by atoms with van der Waals surface area (Å²) in [7, 11) is 0. The molecule has 2 heterocycles. The van der Waals surface area contributed by atoms with Crippen LogP contribution in [0.15, 0.2) is 18.2 Å². The molecule has 2 aliphatic heterocycles. The second-order valence-corrected chi connectivity index (χ2v) is 8.65. The monoisotopic (exact) mass is 357 g/mol. The quantitative estimate of drug-likeness (QED) is 0.851. The van der Waals surface area contributed by atoms with Gasteiger partial charge in [-0.05, 0) is 60.9 Å². The number of carbonyl (C=O) groups excluding carboxylic acids is 2. The molecule has 0 aromatic heterocycles. The predicted molar refractivity (Wildman–Crippen MR) is 104 cm³/mol. The predicted octanol–water partition coefficient (Wildman–Crippen LogP) is 3.06. The van der Waals surface area contributed by atoms with Gasteiger partial charge in [0.15, 0.2) is 0 Å². The first kappa shape index (κ1) is 18.9. The van der Waals surface area contributed by atoms with Crippen molar-refractivity contribution in [3.8, 4) is 0 Å². The lowest BCUT2D eigenvalue weighted by molar-refractivity contribution is -0.116. The molecular formula is C21H31N3O2. The Kier molecular flexibility index (Phi) is 5.66. The van der Waals surface area contributed by atoms with Gasteiger partial charge in [0.05, 0.1) is 0 Å². The van der Waals surface area contributed by atoms with Crippen molar-refractivity contribution in [1.29, 1.82) is 0 Å². The van der Waals surface area contributed by atoms with E-state index in [4.69, 9.17) is 0 Å². The molecule has 1 atom stereocenters. The number of benzene rings is 1. The Hall–Kier alpha value is -1.88. The minimum atomic E-state index is -0.0214. The van der Waals surface area contributed by atoms with Gasteiger partial charge in [-0.1, -0.05) is 20.8 Å². The van der Waals surface area contributed by atoms with Crippen LogP contribution in [0.4, 0.5) is 5.69 Å². The summed E-state index contributed by atoms with van der Waals surface area (Å²) in [5.41, 5.74) is 2.69. The first-order chi connectivity index (χ1) is 12.3. The molecule has 1 aromatic rings. The zero-order valence-corrected chi connectivity index (χ0v) is 16.2. The molecular weight excluding hydrogens is 326 g/mol. The van der Waals surface area contributed by atoms with E-state index in [1.54, 1.807) is 6.07 Å². The molecule has 1 unspecified atom stereocenters. The van der Waals surface area contributed by atoms with Gasteiger partial charge in [0, 0.05) is 37.3 Å². The van der Waals surface area contributed by atoms with Gasteiger partial charge in [-0.3, -0.25) is 9.59 Å². The fourth-order valence-electron chi connectivity index (χ4n) is 4.16. The second-order valence-electron chi connectivity index (χ2n) is 8.65. The first-order valence-corrected chi connectivity index (χ1v) is 9.78. The smallest absolute Gasteiger partial charge is 0.251 e. The van der Waals surface area contributed by atoms with Gasteiger partial charge in [0.2, 0.25) is 5.91 Å². The highest BCUT2D eigenvalue weighted by Gasteiger charge is 2.31. The number of hydrogen-bond donors (Lipinski definition) is 2. The van der Waals surface area contributed by atoms with Gasteiger partial charge in [0.25, 0.3) is 5.91 Å². The van der Waals surface area contributed by atoms with Gasteiger partial charge < -0.3 is 15.5 Å². The van der Waals surface area contributed by atoms with Crippen molar-refractivity contribution in [3.63, 3.8) is 0 Å². The van der Waals surface area contributed by atoms with E-state index in [0.717, 1.165) is 37.3 Å². The summed E-state index contributed by atoms with van der Waals surface area (Å²) in [4.78, 5) is 26.6. The number of nitrogens with zero attached hydrogens (tertiary/aromatic N) is 1. The Balaban J connectivity index is 1.59. The fourth-order valence-corrected chi connectivity index (χ4v) is 4.16. The van der Waals surface area contributed by atoms with Crippen molar-refractivity contribution in [2.24, 2.45) is 11.3 Å². The van der Waals surface area contributed by atoms with E-state index in [0.29, 0.717) is 30.9 Å². The maximum absolute atomic E-state index is 12.6. The van der Waals surface area contributed by atoms with Gasteiger partial charge in [-0.2, -0.15) is 0 Å². The van der Waals surface area contributed by atoms with E-state index in [1.807, 2.05) is 12.1 Å². The number of piperidine rings is 1. The molecule has 5 nitrogen and oxygen atoms in total. The zero-order valence-electron chi connectivity index (χ0n) is 16.2. The van der Waals surface area contributed by atoms with E-state index in [-0.39, 0.29) is 17.2 Å². The summed E-state index contributed by atoms with van der Waals surface area (Å²) in [6.45, 7) is 10.8. The largest absolute Gasteiger partial charge is 0.351 e. The molecule has 0 bridgehead atoms. The molecule has 0 spiro atoms. The molecule has 3 rings (SSSR count). The molecule has 2 amide bonds. The van der Waals surface area contributed by atoms with E-state index in [1.165, 1.54) is 6.42 Å². The van der Waals surface area contributed by atoms with Crippen LogP contribution in [0, 0.1) is 11.3 Å². The Labute approximate surface area is 156 Å². The molecule has 26 heavy (non-hydrogen) atoms. The standard InChI is InChI=1S/C21H31N3O2/c1-15(2)12-24-10-4-9-21(3,14-24)13-22-20(26)17-5-7-18-16(11-17)6-8-19(25)23-18/h5,7,11,15H,4,6,8-10,12-14H2,1-3H3,(H,22,26)(H,23,25). The number of carbonyl (C=O) groups is 2. The number of hydrogen-bond acceptors (Lipinski definition) is 3. The van der Waals surface area contributed by atoms with Gasteiger partial charge in [-0.25, -0.2) is 0 Å². The number of aryl methyl sites for hydroxylation is 1. The highest BCUT2D eigenvalue weighted by atomic mass is 16.2. The topological polar surface area (TPSA) is 61.4 Å². The highest BCUT2D eigenvalue weighted by Crippen LogP contribution is 2.29. The number of rotatable bonds is 5. The fraction of sp³-hybridized carbons (Fsp3) is 0.619. The Morgan fingerprint density at radius 2 is 2.15 bits per heavy atom. The van der Waals surface area contributed by atoms with Gasteiger partial charge in [0.1, 0.15) is 0 Å². The summed E-state index contributed by atoms with van der Waals surface area (Å²) in [5, 5.41) is 6.01. The Bertz CT molecular complexity index is 686. The van der Waals surface area contributed by atoms with E-state index < -0.39 is 0 Å². The minimum absolute atomic E-state index is 0.0214. The molecule has 1 fully saturated rings. The first-order valence-electron chi connectivity index (χ1n) is 9.78. The number of nitrogens with one attached hydrogen (secondary N) is 2. The molecule has 1 saturated heterocycles. The second kappa shape index (κ2) is 7.78. The molecule has 0 saturated carbocycles. The summed E-state index contributed by atoms with van der Waals surface area (Å²) >= 11 is 0. The van der Waals surface area contributed by atoms with Crippen LogP contribution in [0.3, 0.4) is 0 Å². The maximum atomic E-state index is 12.6. The molecule has 2 N–H and O–H groups in total. The van der Waals surface area contributed by atoms with Crippen LogP contribution >= 0.6 is 0 Å². The maximum Gasteiger partial charge on any atom is 0.251 e. The van der Waals surface area contributed by atoms with Crippen molar-refractivity contribution < 1.29 is 9.59 Å². The normalized spacial score (nSPS) is 23.5. The number of amides is 2. The van der Waals surface area contributed by atoms with Crippen LogP contribution in [0.1, 0.15) is 56.0 Å². The van der Waals surface area contributed by atoms with E-state index in [9.17, 15) is 9.59 Å². The average molecular weight is 357 g/mol. The molecule has 2 aliphatic rings. The van der Waals surface area contributed by atoms with E-state index >= 15 is 0 Å². The third-order valence-electron chi connectivity index (χ3n) is 5.42. The lowest BCUT2D eigenvalue weighted by Crippen LogP contribution is -2.48. The van der Waals surface area contributed by atoms with Crippen LogP contribution in [-0.2, 0) is 11.2 Å². The third-order valence-corrected chi connectivity index (χ3v) is 5.42. The molecule has 5 heteroatoms. The van der Waals surface area contributed by atoms with Crippen LogP contribution in [-0.4, -0.2) is 42.9 Å². The van der Waals surface area contributed by atoms with Crippen LogP contribution in [0.5, 0.6) is 0 Å². The van der Waals surface area contributed by atoms with Gasteiger partial charge >= 0.3 is 0 Å². The lowest BCUT2D eigenvalue weighted by atomic mass is 9.81. The molecule has 0 radical (unpaired) electrons. The van der Waals surface area contributed by atoms with E-state index in [2.05, 4.69) is 36.3 Å². The molecule has 1 aromatic carbocycles. The summed E-state index contributed by atoms with van der Waals surface area (Å²) in [6, 6.07) is 5.56. The summed E-state index contributed by atoms with van der Waals surface area (Å²) in [5.74, 6) is 0.695. The number of fused-ring (bicyclic) bond motifs is 1. The van der Waals surface area contributed by atoms with Crippen molar-refractivity contribution in [2.75, 3.05) is 31.5 Å². The highest BCUT2D eigenvalue weighted by molar-refractivity contribution is 5.97. The van der Waals surface area contributed by atoms with Crippen LogP contribution < -0.4 is 10.6 Å². The van der Waals surface area contributed by atoms with Gasteiger partial charge in [-0.15, -0.1) is 0 Å². The summed E-state index contributed by atoms with van der Waals surface area (Å²) < 4.78 is 0. The minimum Gasteiger partial charge on any atom is -0.351 e. The Morgan fingerprint density at radius 1 is 1.35 bits per heavy atom. The van der Waals surface area contributed by atoms with Crippen LogP contribution in [0.2, 0.25) is 0 Å². The lowest BCUT2D eigenvalue weighted by Gasteiger charge is -2.41. The SMILES string of the molecule is CC(C)CN1CCCC(C)(CNC(=O)c2ccc3c(c2)CCC(=O)N3)C1. The summed E-state index contributed by atoms with van der Waals surface area (Å²) in [6.07, 6.45) is 3.53. The van der Waals surface area contributed by atoms with Crippen molar-refractivity contribution in [1.82, 2.24) is 10.2 Å². The zero-order chi connectivity index (χ0) is 18.7. The van der Waals surface area contributed by atoms with Crippen molar-refractivity contribution in [2.45, 2.75) is 46.5 Å². The van der Waals surface area contributed by atoms with Crippen molar-refractivity contribution >= 4 is 17.5 Å². The Morgan fingerprint density at radius 3 is 2.92 bits per heavy atom. The average Bonchev–Trinajstić information content (AvgIpc) is 2.59. The van der Waals surface area contributed by atoms with Crippen LogP contribution in [0.25, 0.3) is 0 Å². The molecule has 142 valence electrons. The number of likely N-dealkylation sites (tertiary alicyclic amines) is 1.